The van der Waals surface area contributed by atoms with Gasteiger partial charge in [-0.25, -0.2) is 0 Å². The van der Waals surface area contributed by atoms with Crippen molar-refractivity contribution in [2.75, 3.05) is 13.1 Å². The van der Waals surface area contributed by atoms with Gasteiger partial charge in [0.2, 0.25) is 0 Å². The Morgan fingerprint density at radius 2 is 2.47 bits per heavy atom. The Balaban J connectivity index is 1.75. The van der Waals surface area contributed by atoms with Crippen LogP contribution in [0.1, 0.15) is 18.4 Å². The van der Waals surface area contributed by atoms with E-state index in [9.17, 15) is 5.11 Å². The molecule has 17 heavy (non-hydrogen) atoms. The van der Waals surface area contributed by atoms with E-state index in [2.05, 4.69) is 27.4 Å². The lowest BCUT2D eigenvalue weighted by atomic mass is 10.1. The zero-order chi connectivity index (χ0) is 11.7. The molecule has 3 nitrogen and oxygen atoms in total. The van der Waals surface area contributed by atoms with E-state index in [4.69, 9.17) is 0 Å². The summed E-state index contributed by atoms with van der Waals surface area (Å²) in [5.74, 6) is 0. The van der Waals surface area contributed by atoms with Crippen LogP contribution in [-0.4, -0.2) is 34.2 Å². The highest BCUT2D eigenvalue weighted by Crippen LogP contribution is 2.21. The second kappa shape index (κ2) is 4.72. The van der Waals surface area contributed by atoms with Crippen molar-refractivity contribution in [3.8, 4) is 0 Å². The minimum Gasteiger partial charge on any atom is -0.392 e. The molecule has 0 radical (unpaired) electrons. The molecule has 1 fully saturated rings. The number of fused-ring (bicyclic) bond motifs is 1. The molecule has 1 atom stereocenters. The molecule has 0 aromatic carbocycles. The standard InChI is InChI=1S/C13H16N2OS/c16-11-2-1-4-15(9-11)8-10-6-13-12(14-7-10)3-5-17-13/h3,5-7,11,16H,1-2,4,8-9H2. The number of hydrogen-bond donors (Lipinski definition) is 1. The minimum atomic E-state index is -0.151. The summed E-state index contributed by atoms with van der Waals surface area (Å²) in [4.78, 5) is 6.76. The molecule has 4 heteroatoms. The summed E-state index contributed by atoms with van der Waals surface area (Å²) >= 11 is 1.73. The smallest absolute Gasteiger partial charge is 0.0809 e. The Hall–Kier alpha value is -0.970. The van der Waals surface area contributed by atoms with Gasteiger partial charge >= 0.3 is 0 Å². The maximum Gasteiger partial charge on any atom is 0.0809 e. The predicted molar refractivity (Wildman–Crippen MR) is 70.1 cm³/mol. The third kappa shape index (κ3) is 2.49. The first-order chi connectivity index (χ1) is 8.31. The molecule has 1 aliphatic heterocycles. The summed E-state index contributed by atoms with van der Waals surface area (Å²) in [7, 11) is 0. The number of likely N-dealkylation sites (tertiary alicyclic amines) is 1. The summed E-state index contributed by atoms with van der Waals surface area (Å²) in [5, 5.41) is 11.7. The molecule has 3 rings (SSSR count). The molecule has 3 heterocycles. The number of aliphatic hydroxyl groups is 1. The molecule has 0 spiro atoms. The van der Waals surface area contributed by atoms with Crippen LogP contribution in [0.4, 0.5) is 0 Å². The van der Waals surface area contributed by atoms with E-state index in [1.807, 2.05) is 6.20 Å². The van der Waals surface area contributed by atoms with Crippen LogP contribution in [0.15, 0.2) is 23.7 Å². The quantitative estimate of drug-likeness (QED) is 0.885. The average Bonchev–Trinajstić information content (AvgIpc) is 2.76. The first-order valence-electron chi connectivity index (χ1n) is 6.04. The molecular weight excluding hydrogens is 232 g/mol. The van der Waals surface area contributed by atoms with Crippen molar-refractivity contribution in [1.82, 2.24) is 9.88 Å². The van der Waals surface area contributed by atoms with Gasteiger partial charge in [0.25, 0.3) is 0 Å². The molecule has 90 valence electrons. The SMILES string of the molecule is OC1CCCN(Cc2cnc3ccsc3c2)C1. The van der Waals surface area contributed by atoms with Crippen molar-refractivity contribution in [3.63, 3.8) is 0 Å². The Bertz CT molecular complexity index is 511. The number of hydrogen-bond acceptors (Lipinski definition) is 4. The van der Waals surface area contributed by atoms with Crippen LogP contribution in [-0.2, 0) is 6.54 Å². The van der Waals surface area contributed by atoms with E-state index in [1.165, 1.54) is 10.3 Å². The number of nitrogens with zero attached hydrogens (tertiary/aromatic N) is 2. The van der Waals surface area contributed by atoms with E-state index in [1.54, 1.807) is 11.3 Å². The molecule has 2 aromatic heterocycles. The first kappa shape index (κ1) is 11.1. The molecule has 0 amide bonds. The van der Waals surface area contributed by atoms with Gasteiger partial charge < -0.3 is 5.11 Å². The van der Waals surface area contributed by atoms with Crippen LogP contribution < -0.4 is 0 Å². The lowest BCUT2D eigenvalue weighted by Gasteiger charge is -2.29. The second-order valence-electron chi connectivity index (χ2n) is 4.68. The highest BCUT2D eigenvalue weighted by molar-refractivity contribution is 7.17. The molecule has 2 aromatic rings. The van der Waals surface area contributed by atoms with E-state index in [-0.39, 0.29) is 6.10 Å². The number of pyridine rings is 1. The lowest BCUT2D eigenvalue weighted by molar-refractivity contribution is 0.0668. The van der Waals surface area contributed by atoms with Gasteiger partial charge in [0, 0.05) is 19.3 Å². The molecule has 1 unspecified atom stereocenters. The van der Waals surface area contributed by atoms with Crippen LogP contribution in [0.5, 0.6) is 0 Å². The lowest BCUT2D eigenvalue weighted by Crippen LogP contribution is -2.37. The third-order valence-electron chi connectivity index (χ3n) is 3.25. The zero-order valence-corrected chi connectivity index (χ0v) is 10.5. The van der Waals surface area contributed by atoms with E-state index in [0.717, 1.165) is 38.0 Å². The van der Waals surface area contributed by atoms with E-state index in [0.29, 0.717) is 0 Å². The summed E-state index contributed by atoms with van der Waals surface area (Å²) < 4.78 is 1.25. The van der Waals surface area contributed by atoms with Gasteiger partial charge in [-0.15, -0.1) is 11.3 Å². The van der Waals surface area contributed by atoms with Gasteiger partial charge in [0.15, 0.2) is 0 Å². The van der Waals surface area contributed by atoms with Crippen molar-refractivity contribution in [2.45, 2.75) is 25.5 Å². The summed E-state index contributed by atoms with van der Waals surface area (Å²) in [6.07, 6.45) is 3.84. The van der Waals surface area contributed by atoms with Crippen molar-refractivity contribution in [2.24, 2.45) is 0 Å². The Labute approximate surface area is 105 Å². The number of thiophene rings is 1. The summed E-state index contributed by atoms with van der Waals surface area (Å²) in [6, 6.07) is 4.27. The number of aromatic nitrogens is 1. The monoisotopic (exact) mass is 248 g/mol. The van der Waals surface area contributed by atoms with Crippen LogP contribution in [0.25, 0.3) is 10.2 Å². The fraction of sp³-hybridized carbons (Fsp3) is 0.462. The van der Waals surface area contributed by atoms with Crippen molar-refractivity contribution in [3.05, 3.63) is 29.3 Å². The fourth-order valence-corrected chi connectivity index (χ4v) is 3.21. The van der Waals surface area contributed by atoms with Crippen molar-refractivity contribution < 1.29 is 5.11 Å². The Kier molecular flexibility index (Phi) is 3.09. The second-order valence-corrected chi connectivity index (χ2v) is 5.63. The normalized spacial score (nSPS) is 22.1. The molecule has 0 bridgehead atoms. The maximum absolute atomic E-state index is 9.64. The maximum atomic E-state index is 9.64. The summed E-state index contributed by atoms with van der Waals surface area (Å²) in [5.41, 5.74) is 2.33. The van der Waals surface area contributed by atoms with Crippen molar-refractivity contribution in [1.29, 1.82) is 0 Å². The number of aliphatic hydroxyl groups excluding tert-OH is 1. The van der Waals surface area contributed by atoms with Crippen LogP contribution >= 0.6 is 11.3 Å². The predicted octanol–water partition coefficient (Wildman–Crippen LogP) is 2.25. The molecule has 1 N–H and O–H groups in total. The van der Waals surface area contributed by atoms with Crippen LogP contribution in [0.2, 0.25) is 0 Å². The van der Waals surface area contributed by atoms with Gasteiger partial charge in [-0.2, -0.15) is 0 Å². The van der Waals surface area contributed by atoms with Gasteiger partial charge in [0.1, 0.15) is 0 Å². The topological polar surface area (TPSA) is 36.4 Å². The molecular formula is C13H16N2OS. The highest BCUT2D eigenvalue weighted by atomic mass is 32.1. The van der Waals surface area contributed by atoms with E-state index < -0.39 is 0 Å². The minimum absolute atomic E-state index is 0.151. The fourth-order valence-electron chi connectivity index (χ4n) is 2.41. The van der Waals surface area contributed by atoms with Gasteiger partial charge in [-0.3, -0.25) is 9.88 Å². The Morgan fingerprint density at radius 1 is 1.53 bits per heavy atom. The molecule has 0 aliphatic carbocycles. The van der Waals surface area contributed by atoms with Gasteiger partial charge in [-0.05, 0) is 42.5 Å². The van der Waals surface area contributed by atoms with Crippen LogP contribution in [0, 0.1) is 0 Å². The molecule has 1 saturated heterocycles. The number of β-amino-alcohol motifs (C(OH)–C–C–N with tert-alkyl or cyclic N) is 1. The summed E-state index contributed by atoms with van der Waals surface area (Å²) in [6.45, 7) is 2.78. The molecule has 0 saturated carbocycles. The third-order valence-corrected chi connectivity index (χ3v) is 4.10. The molecule has 1 aliphatic rings. The average molecular weight is 248 g/mol. The number of piperidine rings is 1. The van der Waals surface area contributed by atoms with Crippen molar-refractivity contribution >= 4 is 21.6 Å². The number of rotatable bonds is 2. The van der Waals surface area contributed by atoms with Gasteiger partial charge in [0.05, 0.1) is 16.3 Å². The van der Waals surface area contributed by atoms with Gasteiger partial charge in [-0.1, -0.05) is 0 Å². The highest BCUT2D eigenvalue weighted by Gasteiger charge is 2.17. The first-order valence-corrected chi connectivity index (χ1v) is 6.92. The zero-order valence-electron chi connectivity index (χ0n) is 9.67. The van der Waals surface area contributed by atoms with Crippen LogP contribution in [0.3, 0.4) is 0 Å². The largest absolute Gasteiger partial charge is 0.392 e. The van der Waals surface area contributed by atoms with E-state index >= 15 is 0 Å². The Morgan fingerprint density at radius 3 is 3.35 bits per heavy atom.